The van der Waals surface area contributed by atoms with Crippen LogP contribution in [-0.4, -0.2) is 23.2 Å². The van der Waals surface area contributed by atoms with E-state index >= 15 is 0 Å². The highest BCUT2D eigenvalue weighted by Crippen LogP contribution is 2.25. The van der Waals surface area contributed by atoms with Gasteiger partial charge in [-0.3, -0.25) is 0 Å². The molecule has 0 saturated heterocycles. The summed E-state index contributed by atoms with van der Waals surface area (Å²) in [6.07, 6.45) is 0. The molecular weight excluding hydrogens is 218 g/mol. The van der Waals surface area contributed by atoms with Gasteiger partial charge in [-0.05, 0) is 48.4 Å². The normalized spacial score (nSPS) is 10.2. The van der Waals surface area contributed by atoms with Crippen molar-refractivity contribution in [1.82, 2.24) is 4.98 Å². The number of carboxylic acid groups (broad SMARTS) is 1. The minimum absolute atomic E-state index is 0.188. The monoisotopic (exact) mass is 231 g/mol. The summed E-state index contributed by atoms with van der Waals surface area (Å²) >= 11 is 0. The Balaban J connectivity index is 2.39. The Bertz CT molecular complexity index is 558. The number of ether oxygens (including phenoxy) is 1. The SMILES string of the molecule is COc1ccc(-c2ccc(C(=O)O)[nH]2)cc1C. The van der Waals surface area contributed by atoms with Crippen LogP contribution >= 0.6 is 0 Å². The zero-order valence-corrected chi connectivity index (χ0v) is 9.65. The highest BCUT2D eigenvalue weighted by atomic mass is 16.5. The van der Waals surface area contributed by atoms with Gasteiger partial charge in [-0.2, -0.15) is 0 Å². The Morgan fingerprint density at radius 2 is 2.06 bits per heavy atom. The van der Waals surface area contributed by atoms with Gasteiger partial charge < -0.3 is 14.8 Å². The minimum atomic E-state index is -0.957. The van der Waals surface area contributed by atoms with Gasteiger partial charge >= 0.3 is 5.97 Å². The summed E-state index contributed by atoms with van der Waals surface area (Å²) < 4.78 is 5.17. The molecule has 1 aromatic heterocycles. The molecule has 0 atom stereocenters. The zero-order chi connectivity index (χ0) is 12.4. The zero-order valence-electron chi connectivity index (χ0n) is 9.65. The maximum absolute atomic E-state index is 10.8. The maximum Gasteiger partial charge on any atom is 0.352 e. The van der Waals surface area contributed by atoms with Crippen molar-refractivity contribution < 1.29 is 14.6 Å². The Kier molecular flexibility index (Phi) is 2.87. The molecule has 4 heteroatoms. The Morgan fingerprint density at radius 3 is 2.59 bits per heavy atom. The van der Waals surface area contributed by atoms with E-state index in [1.54, 1.807) is 19.2 Å². The van der Waals surface area contributed by atoms with E-state index < -0.39 is 5.97 Å². The van der Waals surface area contributed by atoms with Gasteiger partial charge in [0, 0.05) is 5.69 Å². The number of carbonyl (C=O) groups is 1. The Hall–Kier alpha value is -2.23. The summed E-state index contributed by atoms with van der Waals surface area (Å²) in [4.78, 5) is 13.6. The number of rotatable bonds is 3. The standard InChI is InChI=1S/C13H13NO3/c1-8-7-9(3-6-12(8)17-2)10-4-5-11(14-10)13(15)16/h3-7,14H,1-2H3,(H,15,16). The van der Waals surface area contributed by atoms with Gasteiger partial charge in [-0.25, -0.2) is 4.79 Å². The Morgan fingerprint density at radius 1 is 1.29 bits per heavy atom. The number of aromatic nitrogens is 1. The molecule has 0 aliphatic carbocycles. The average molecular weight is 231 g/mol. The van der Waals surface area contributed by atoms with Gasteiger partial charge in [0.2, 0.25) is 0 Å². The molecule has 0 aliphatic rings. The topological polar surface area (TPSA) is 62.3 Å². The van der Waals surface area contributed by atoms with E-state index in [9.17, 15) is 4.79 Å². The largest absolute Gasteiger partial charge is 0.496 e. The molecule has 88 valence electrons. The number of nitrogens with one attached hydrogen (secondary N) is 1. The van der Waals surface area contributed by atoms with Crippen LogP contribution in [0.5, 0.6) is 5.75 Å². The van der Waals surface area contributed by atoms with E-state index in [2.05, 4.69) is 4.98 Å². The first kappa shape index (κ1) is 11.3. The fourth-order valence-corrected chi connectivity index (χ4v) is 1.73. The minimum Gasteiger partial charge on any atom is -0.496 e. The number of methoxy groups -OCH3 is 1. The second-order valence-electron chi connectivity index (χ2n) is 3.78. The van der Waals surface area contributed by atoms with E-state index in [-0.39, 0.29) is 5.69 Å². The van der Waals surface area contributed by atoms with E-state index in [4.69, 9.17) is 9.84 Å². The lowest BCUT2D eigenvalue weighted by molar-refractivity contribution is 0.0691. The lowest BCUT2D eigenvalue weighted by Crippen LogP contribution is -1.95. The molecule has 2 aromatic rings. The number of aromatic carboxylic acids is 1. The summed E-state index contributed by atoms with van der Waals surface area (Å²) in [5.41, 5.74) is 2.92. The molecule has 2 N–H and O–H groups in total. The summed E-state index contributed by atoms with van der Waals surface area (Å²) in [7, 11) is 1.62. The molecule has 0 fully saturated rings. The van der Waals surface area contributed by atoms with Crippen LogP contribution < -0.4 is 4.74 Å². The van der Waals surface area contributed by atoms with Crippen molar-refractivity contribution in [3.63, 3.8) is 0 Å². The number of benzene rings is 1. The molecule has 1 heterocycles. The summed E-state index contributed by atoms with van der Waals surface area (Å²) in [5.74, 6) is -0.139. The van der Waals surface area contributed by atoms with Crippen molar-refractivity contribution in [1.29, 1.82) is 0 Å². The highest BCUT2D eigenvalue weighted by Gasteiger charge is 2.08. The van der Waals surface area contributed by atoms with Crippen LogP contribution in [0.15, 0.2) is 30.3 Å². The van der Waals surface area contributed by atoms with Gasteiger partial charge in [-0.1, -0.05) is 0 Å². The first-order valence-corrected chi connectivity index (χ1v) is 5.19. The lowest BCUT2D eigenvalue weighted by atomic mass is 10.1. The number of H-pyrrole nitrogens is 1. The van der Waals surface area contributed by atoms with Crippen LogP contribution in [0.1, 0.15) is 16.1 Å². The molecule has 17 heavy (non-hydrogen) atoms. The molecular formula is C13H13NO3. The molecule has 0 unspecified atom stereocenters. The molecule has 0 amide bonds. The van der Waals surface area contributed by atoms with Gasteiger partial charge in [-0.15, -0.1) is 0 Å². The fourth-order valence-electron chi connectivity index (χ4n) is 1.73. The molecule has 4 nitrogen and oxygen atoms in total. The molecule has 0 saturated carbocycles. The van der Waals surface area contributed by atoms with Gasteiger partial charge in [0.1, 0.15) is 11.4 Å². The lowest BCUT2D eigenvalue weighted by Gasteiger charge is -2.06. The van der Waals surface area contributed by atoms with Crippen LogP contribution in [0, 0.1) is 6.92 Å². The van der Waals surface area contributed by atoms with Crippen molar-refractivity contribution in [2.24, 2.45) is 0 Å². The quantitative estimate of drug-likeness (QED) is 0.853. The second-order valence-corrected chi connectivity index (χ2v) is 3.78. The van der Waals surface area contributed by atoms with Crippen LogP contribution in [0.25, 0.3) is 11.3 Å². The van der Waals surface area contributed by atoms with Crippen molar-refractivity contribution in [2.45, 2.75) is 6.92 Å². The average Bonchev–Trinajstić information content (AvgIpc) is 2.78. The third kappa shape index (κ3) is 2.15. The summed E-state index contributed by atoms with van der Waals surface area (Å²) in [5, 5.41) is 8.83. The smallest absolute Gasteiger partial charge is 0.352 e. The number of hydrogen-bond acceptors (Lipinski definition) is 2. The van der Waals surface area contributed by atoms with Gasteiger partial charge in [0.25, 0.3) is 0 Å². The molecule has 0 radical (unpaired) electrons. The van der Waals surface area contributed by atoms with E-state index in [0.717, 1.165) is 22.6 Å². The molecule has 2 rings (SSSR count). The number of aromatic amines is 1. The first-order chi connectivity index (χ1) is 8.11. The predicted octanol–water partition coefficient (Wildman–Crippen LogP) is 2.70. The second kappa shape index (κ2) is 4.33. The summed E-state index contributed by atoms with van der Waals surface area (Å²) in [6.45, 7) is 1.95. The third-order valence-electron chi connectivity index (χ3n) is 2.62. The highest BCUT2D eigenvalue weighted by molar-refractivity contribution is 5.86. The number of aryl methyl sites for hydroxylation is 1. The summed E-state index contributed by atoms with van der Waals surface area (Å²) in [6, 6.07) is 9.02. The van der Waals surface area contributed by atoms with Crippen LogP contribution in [0.4, 0.5) is 0 Å². The van der Waals surface area contributed by atoms with Crippen LogP contribution in [0.2, 0.25) is 0 Å². The van der Waals surface area contributed by atoms with Gasteiger partial charge in [0.05, 0.1) is 7.11 Å². The fraction of sp³-hybridized carbons (Fsp3) is 0.154. The Labute approximate surface area is 98.9 Å². The van der Waals surface area contributed by atoms with Crippen LogP contribution in [0.3, 0.4) is 0 Å². The van der Waals surface area contributed by atoms with E-state index in [0.29, 0.717) is 0 Å². The third-order valence-corrected chi connectivity index (χ3v) is 2.62. The van der Waals surface area contributed by atoms with Crippen molar-refractivity contribution >= 4 is 5.97 Å². The predicted molar refractivity (Wildman–Crippen MR) is 64.5 cm³/mol. The van der Waals surface area contributed by atoms with Gasteiger partial charge in [0.15, 0.2) is 0 Å². The number of carboxylic acids is 1. The maximum atomic E-state index is 10.8. The first-order valence-electron chi connectivity index (χ1n) is 5.19. The van der Waals surface area contributed by atoms with Crippen molar-refractivity contribution in [3.05, 3.63) is 41.6 Å². The molecule has 0 bridgehead atoms. The molecule has 0 spiro atoms. The molecule has 1 aromatic carbocycles. The van der Waals surface area contributed by atoms with E-state index in [1.165, 1.54) is 0 Å². The van der Waals surface area contributed by atoms with Crippen LogP contribution in [-0.2, 0) is 0 Å². The van der Waals surface area contributed by atoms with E-state index in [1.807, 2.05) is 25.1 Å². The van der Waals surface area contributed by atoms with Crippen molar-refractivity contribution in [2.75, 3.05) is 7.11 Å². The molecule has 0 aliphatic heterocycles. The number of hydrogen-bond donors (Lipinski definition) is 2. The van der Waals surface area contributed by atoms with Crippen molar-refractivity contribution in [3.8, 4) is 17.0 Å².